The molecule has 0 aliphatic rings. The zero-order valence-electron chi connectivity index (χ0n) is 10.5. The van der Waals surface area contributed by atoms with E-state index in [0.29, 0.717) is 0 Å². The number of pyridine rings is 1. The summed E-state index contributed by atoms with van der Waals surface area (Å²) >= 11 is 3.53. The molecule has 0 saturated carbocycles. The molecule has 0 spiro atoms. The largest absolute Gasteiger partial charge is 0.307 e. The highest BCUT2D eigenvalue weighted by atomic mass is 79.9. The minimum Gasteiger partial charge on any atom is -0.307 e. The fraction of sp³-hybridized carbons (Fsp3) is 0.417. The van der Waals surface area contributed by atoms with Crippen LogP contribution >= 0.6 is 15.9 Å². The van der Waals surface area contributed by atoms with E-state index in [4.69, 9.17) is 0 Å². The van der Waals surface area contributed by atoms with Crippen LogP contribution in [-0.2, 0) is 6.54 Å². The van der Waals surface area contributed by atoms with E-state index in [1.807, 2.05) is 23.9 Å². The molecular weight excluding hydrogens is 294 g/mol. The van der Waals surface area contributed by atoms with Gasteiger partial charge in [-0.25, -0.2) is 4.68 Å². The average Bonchev–Trinajstić information content (AvgIpc) is 2.82. The molecule has 2 rings (SSSR count). The van der Waals surface area contributed by atoms with Crippen molar-refractivity contribution < 1.29 is 0 Å². The van der Waals surface area contributed by atoms with Crippen molar-refractivity contribution in [2.75, 3.05) is 7.05 Å². The Hall–Kier alpha value is -1.27. The lowest BCUT2D eigenvalue weighted by atomic mass is 10.1. The number of rotatable bonds is 5. The maximum atomic E-state index is 4.43. The summed E-state index contributed by atoms with van der Waals surface area (Å²) in [5.41, 5.74) is 1.97. The number of aromatic nitrogens is 4. The Morgan fingerprint density at radius 3 is 3.00 bits per heavy atom. The summed E-state index contributed by atoms with van der Waals surface area (Å²) in [6.07, 6.45) is 4.60. The first-order valence-electron chi connectivity index (χ1n) is 5.94. The topological polar surface area (TPSA) is 55.6 Å². The monoisotopic (exact) mass is 309 g/mol. The highest BCUT2D eigenvalue weighted by molar-refractivity contribution is 9.10. The Morgan fingerprint density at radius 1 is 1.50 bits per heavy atom. The third-order valence-electron chi connectivity index (χ3n) is 2.73. The molecule has 1 N–H and O–H groups in total. The van der Waals surface area contributed by atoms with Gasteiger partial charge in [0.1, 0.15) is 0 Å². The van der Waals surface area contributed by atoms with Gasteiger partial charge in [-0.3, -0.25) is 4.98 Å². The molecule has 18 heavy (non-hydrogen) atoms. The van der Waals surface area contributed by atoms with Gasteiger partial charge in [-0.05, 0) is 41.5 Å². The lowest BCUT2D eigenvalue weighted by Gasteiger charge is -2.17. The van der Waals surface area contributed by atoms with Crippen molar-refractivity contribution in [3.8, 4) is 0 Å². The molecular formula is C12H16BrN5. The smallest absolute Gasteiger partial charge is 0.0947 e. The van der Waals surface area contributed by atoms with Crippen LogP contribution < -0.4 is 5.32 Å². The van der Waals surface area contributed by atoms with E-state index in [-0.39, 0.29) is 6.04 Å². The summed E-state index contributed by atoms with van der Waals surface area (Å²) < 4.78 is 2.90. The SMILES string of the molecule is CCCn1nncc1C(NC)c1ncccc1Br. The molecule has 0 aliphatic carbocycles. The van der Waals surface area contributed by atoms with Crippen molar-refractivity contribution in [2.24, 2.45) is 0 Å². The Morgan fingerprint density at radius 2 is 2.33 bits per heavy atom. The number of aryl methyl sites for hydroxylation is 1. The van der Waals surface area contributed by atoms with E-state index in [0.717, 1.165) is 28.8 Å². The van der Waals surface area contributed by atoms with Gasteiger partial charge in [0.2, 0.25) is 0 Å². The first-order chi connectivity index (χ1) is 8.77. The molecule has 6 heteroatoms. The van der Waals surface area contributed by atoms with Gasteiger partial charge in [0.15, 0.2) is 0 Å². The average molecular weight is 310 g/mol. The van der Waals surface area contributed by atoms with Crippen LogP contribution in [0.1, 0.15) is 30.8 Å². The van der Waals surface area contributed by atoms with Crippen molar-refractivity contribution in [1.82, 2.24) is 25.3 Å². The van der Waals surface area contributed by atoms with Crippen molar-refractivity contribution in [3.63, 3.8) is 0 Å². The van der Waals surface area contributed by atoms with E-state index < -0.39 is 0 Å². The van der Waals surface area contributed by atoms with Crippen molar-refractivity contribution in [2.45, 2.75) is 25.9 Å². The molecule has 0 fully saturated rings. The molecule has 0 aromatic carbocycles. The van der Waals surface area contributed by atoms with Crippen molar-refractivity contribution >= 4 is 15.9 Å². The first-order valence-corrected chi connectivity index (χ1v) is 6.73. The minimum absolute atomic E-state index is 0.0119. The predicted molar refractivity (Wildman–Crippen MR) is 73.2 cm³/mol. The molecule has 1 atom stereocenters. The lowest BCUT2D eigenvalue weighted by molar-refractivity contribution is 0.518. The van der Waals surface area contributed by atoms with Gasteiger partial charge >= 0.3 is 0 Å². The maximum Gasteiger partial charge on any atom is 0.0947 e. The Bertz CT molecular complexity index is 511. The van der Waals surface area contributed by atoms with E-state index >= 15 is 0 Å². The van der Waals surface area contributed by atoms with Crippen LogP contribution in [0.25, 0.3) is 0 Å². The first kappa shape index (κ1) is 13.2. The Balaban J connectivity index is 2.39. The lowest BCUT2D eigenvalue weighted by Crippen LogP contribution is -2.23. The van der Waals surface area contributed by atoms with Crippen LogP contribution in [-0.4, -0.2) is 27.0 Å². The van der Waals surface area contributed by atoms with Crippen LogP contribution in [0.2, 0.25) is 0 Å². The highest BCUT2D eigenvalue weighted by Gasteiger charge is 2.20. The van der Waals surface area contributed by atoms with Gasteiger partial charge in [-0.2, -0.15) is 0 Å². The second-order valence-corrected chi connectivity index (χ2v) is 4.83. The van der Waals surface area contributed by atoms with E-state index in [1.165, 1.54) is 0 Å². The number of halogens is 1. The minimum atomic E-state index is -0.0119. The number of nitrogens with zero attached hydrogens (tertiary/aromatic N) is 4. The van der Waals surface area contributed by atoms with Gasteiger partial charge in [-0.15, -0.1) is 5.10 Å². The molecule has 1 unspecified atom stereocenters. The van der Waals surface area contributed by atoms with Crippen molar-refractivity contribution in [1.29, 1.82) is 0 Å². The number of hydrogen-bond acceptors (Lipinski definition) is 4. The van der Waals surface area contributed by atoms with Gasteiger partial charge in [0.05, 0.1) is 23.6 Å². The van der Waals surface area contributed by atoms with Gasteiger partial charge in [-0.1, -0.05) is 12.1 Å². The van der Waals surface area contributed by atoms with Crippen LogP contribution in [0.5, 0.6) is 0 Å². The highest BCUT2D eigenvalue weighted by Crippen LogP contribution is 2.25. The Kier molecular flexibility index (Phi) is 4.43. The molecule has 2 heterocycles. The standard InChI is InChI=1S/C12H16BrN5/c1-3-7-18-10(8-16-17-18)12(14-2)11-9(13)5-4-6-15-11/h4-6,8,12,14H,3,7H2,1-2H3. The van der Waals surface area contributed by atoms with Crippen LogP contribution in [0, 0.1) is 0 Å². The second-order valence-electron chi connectivity index (χ2n) is 3.97. The third-order valence-corrected chi connectivity index (χ3v) is 3.40. The fourth-order valence-electron chi connectivity index (χ4n) is 1.91. The summed E-state index contributed by atoms with van der Waals surface area (Å²) in [6.45, 7) is 2.98. The molecule has 0 aliphatic heterocycles. The molecule has 0 radical (unpaired) electrons. The normalized spacial score (nSPS) is 12.6. The van der Waals surface area contributed by atoms with Gasteiger partial charge in [0.25, 0.3) is 0 Å². The Labute approximate surface area is 115 Å². The summed E-state index contributed by atoms with van der Waals surface area (Å²) in [4.78, 5) is 4.43. The molecule has 0 bridgehead atoms. The van der Waals surface area contributed by atoms with Crippen LogP contribution in [0.3, 0.4) is 0 Å². The van der Waals surface area contributed by atoms with E-state index in [1.54, 1.807) is 12.4 Å². The van der Waals surface area contributed by atoms with Crippen LogP contribution in [0.4, 0.5) is 0 Å². The second kappa shape index (κ2) is 6.06. The summed E-state index contributed by atoms with van der Waals surface area (Å²) in [5.74, 6) is 0. The van der Waals surface area contributed by atoms with Crippen LogP contribution in [0.15, 0.2) is 29.0 Å². The quantitative estimate of drug-likeness (QED) is 0.919. The van der Waals surface area contributed by atoms with Gasteiger partial charge < -0.3 is 5.32 Å². The summed E-state index contributed by atoms with van der Waals surface area (Å²) in [5, 5.41) is 11.4. The summed E-state index contributed by atoms with van der Waals surface area (Å²) in [6, 6.07) is 3.88. The zero-order chi connectivity index (χ0) is 13.0. The molecule has 2 aromatic rings. The zero-order valence-corrected chi connectivity index (χ0v) is 12.1. The van der Waals surface area contributed by atoms with Gasteiger partial charge in [0, 0.05) is 17.2 Å². The summed E-state index contributed by atoms with van der Waals surface area (Å²) in [7, 11) is 1.91. The predicted octanol–water partition coefficient (Wildman–Crippen LogP) is 2.15. The third kappa shape index (κ3) is 2.59. The molecule has 0 amide bonds. The van der Waals surface area contributed by atoms with E-state index in [9.17, 15) is 0 Å². The van der Waals surface area contributed by atoms with Crippen molar-refractivity contribution in [3.05, 3.63) is 40.4 Å². The number of nitrogens with one attached hydrogen (secondary N) is 1. The molecule has 0 saturated heterocycles. The molecule has 5 nitrogen and oxygen atoms in total. The molecule has 96 valence electrons. The fourth-order valence-corrected chi connectivity index (χ4v) is 2.39. The van der Waals surface area contributed by atoms with E-state index in [2.05, 4.69) is 43.5 Å². The number of hydrogen-bond donors (Lipinski definition) is 1. The molecule has 2 aromatic heterocycles. The maximum absolute atomic E-state index is 4.43.